The number of sulfone groups is 1. The number of aromatic nitrogens is 2. The molecule has 1 aromatic heterocycles. The Kier molecular flexibility index (Phi) is 3.41. The van der Waals surface area contributed by atoms with Crippen molar-refractivity contribution >= 4 is 21.4 Å². The first-order valence-electron chi connectivity index (χ1n) is 3.86. The molecular formula is C7H10ClN3O2S. The van der Waals surface area contributed by atoms with Crippen LogP contribution >= 0.6 is 11.6 Å². The SMILES string of the molecule is CS(=O)(=O)c1ncc(CCN)c(Cl)n1. The molecule has 0 saturated heterocycles. The van der Waals surface area contributed by atoms with Gasteiger partial charge in [-0.3, -0.25) is 0 Å². The molecule has 0 atom stereocenters. The highest BCUT2D eigenvalue weighted by Crippen LogP contribution is 2.14. The number of nitrogens with two attached hydrogens (primary N) is 1. The van der Waals surface area contributed by atoms with E-state index in [1.54, 1.807) is 0 Å². The molecule has 14 heavy (non-hydrogen) atoms. The van der Waals surface area contributed by atoms with E-state index in [1.807, 2.05) is 0 Å². The van der Waals surface area contributed by atoms with Crippen molar-refractivity contribution in [1.82, 2.24) is 9.97 Å². The molecule has 1 rings (SSSR count). The van der Waals surface area contributed by atoms with Crippen LogP contribution in [0.3, 0.4) is 0 Å². The third-order valence-corrected chi connectivity index (χ3v) is 2.72. The van der Waals surface area contributed by atoms with Gasteiger partial charge in [0.25, 0.3) is 0 Å². The van der Waals surface area contributed by atoms with Crippen LogP contribution in [0.5, 0.6) is 0 Å². The zero-order chi connectivity index (χ0) is 10.8. The van der Waals surface area contributed by atoms with E-state index < -0.39 is 9.84 Å². The van der Waals surface area contributed by atoms with Gasteiger partial charge in [-0.2, -0.15) is 0 Å². The minimum Gasteiger partial charge on any atom is -0.330 e. The average molecular weight is 236 g/mol. The Labute approximate surface area is 87.2 Å². The Hall–Kier alpha value is -0.720. The Morgan fingerprint density at radius 2 is 2.21 bits per heavy atom. The summed E-state index contributed by atoms with van der Waals surface area (Å²) in [6.45, 7) is 0.418. The van der Waals surface area contributed by atoms with Gasteiger partial charge >= 0.3 is 0 Å². The van der Waals surface area contributed by atoms with Crippen LogP contribution in [0.1, 0.15) is 5.56 Å². The van der Waals surface area contributed by atoms with Gasteiger partial charge in [-0.15, -0.1) is 0 Å². The minimum atomic E-state index is -3.39. The highest BCUT2D eigenvalue weighted by molar-refractivity contribution is 7.90. The summed E-state index contributed by atoms with van der Waals surface area (Å²) in [4.78, 5) is 7.36. The molecule has 0 saturated carbocycles. The van der Waals surface area contributed by atoms with E-state index in [0.717, 1.165) is 6.26 Å². The lowest BCUT2D eigenvalue weighted by Gasteiger charge is -2.02. The van der Waals surface area contributed by atoms with E-state index in [-0.39, 0.29) is 10.3 Å². The molecule has 0 aromatic carbocycles. The largest absolute Gasteiger partial charge is 0.330 e. The van der Waals surface area contributed by atoms with Crippen molar-refractivity contribution in [2.24, 2.45) is 5.73 Å². The first-order chi connectivity index (χ1) is 6.45. The van der Waals surface area contributed by atoms with Gasteiger partial charge in [0.15, 0.2) is 0 Å². The fourth-order valence-corrected chi connectivity index (χ4v) is 1.65. The molecule has 0 unspecified atom stereocenters. The van der Waals surface area contributed by atoms with Gasteiger partial charge in [-0.05, 0) is 13.0 Å². The molecule has 0 aliphatic carbocycles. The van der Waals surface area contributed by atoms with Crippen molar-refractivity contribution in [2.75, 3.05) is 12.8 Å². The van der Waals surface area contributed by atoms with E-state index in [9.17, 15) is 8.42 Å². The second-order valence-corrected chi connectivity index (χ2v) is 5.05. The molecule has 1 heterocycles. The lowest BCUT2D eigenvalue weighted by molar-refractivity contribution is 0.592. The topological polar surface area (TPSA) is 85.9 Å². The van der Waals surface area contributed by atoms with Crippen LogP contribution in [0.25, 0.3) is 0 Å². The molecular weight excluding hydrogens is 226 g/mol. The lowest BCUT2D eigenvalue weighted by Crippen LogP contribution is -2.08. The molecule has 0 radical (unpaired) electrons. The molecule has 78 valence electrons. The normalized spacial score (nSPS) is 11.6. The molecule has 0 amide bonds. The first-order valence-corrected chi connectivity index (χ1v) is 6.13. The monoisotopic (exact) mass is 235 g/mol. The maximum absolute atomic E-state index is 11.0. The lowest BCUT2D eigenvalue weighted by atomic mass is 10.2. The number of halogens is 1. The number of nitrogens with zero attached hydrogens (tertiary/aromatic N) is 2. The predicted octanol–water partition coefficient (Wildman–Crippen LogP) is 0.0347. The van der Waals surface area contributed by atoms with Crippen molar-refractivity contribution in [2.45, 2.75) is 11.6 Å². The summed E-state index contributed by atoms with van der Waals surface area (Å²) in [5.74, 6) is 0. The Balaban J connectivity index is 3.13. The fraction of sp³-hybridized carbons (Fsp3) is 0.429. The van der Waals surface area contributed by atoms with Crippen LogP contribution in [-0.4, -0.2) is 31.2 Å². The summed E-state index contributed by atoms with van der Waals surface area (Å²) in [7, 11) is -3.39. The molecule has 0 fully saturated rings. The fourth-order valence-electron chi connectivity index (χ4n) is 0.873. The maximum atomic E-state index is 11.0. The van der Waals surface area contributed by atoms with E-state index in [0.29, 0.717) is 18.5 Å². The summed E-state index contributed by atoms with van der Waals surface area (Å²) in [5, 5.41) is -0.117. The zero-order valence-electron chi connectivity index (χ0n) is 7.57. The van der Waals surface area contributed by atoms with Gasteiger partial charge < -0.3 is 5.73 Å². The third kappa shape index (κ3) is 2.63. The van der Waals surface area contributed by atoms with Crippen LogP contribution in [0, 0.1) is 0 Å². The molecule has 0 aliphatic heterocycles. The van der Waals surface area contributed by atoms with Crippen molar-refractivity contribution in [1.29, 1.82) is 0 Å². The van der Waals surface area contributed by atoms with Crippen LogP contribution in [-0.2, 0) is 16.3 Å². The number of hydrogen-bond donors (Lipinski definition) is 1. The second kappa shape index (κ2) is 4.20. The van der Waals surface area contributed by atoms with Crippen molar-refractivity contribution in [3.63, 3.8) is 0 Å². The predicted molar refractivity (Wildman–Crippen MR) is 52.9 cm³/mol. The van der Waals surface area contributed by atoms with Gasteiger partial charge in [0.1, 0.15) is 5.15 Å². The molecule has 0 aliphatic rings. The first kappa shape index (κ1) is 11.4. The standard InChI is InChI=1S/C7H10ClN3O2S/c1-14(12,13)7-10-4-5(2-3-9)6(8)11-7/h4H,2-3,9H2,1H3. The van der Waals surface area contributed by atoms with Crippen LogP contribution in [0.2, 0.25) is 5.15 Å². The van der Waals surface area contributed by atoms with E-state index in [2.05, 4.69) is 9.97 Å². The zero-order valence-corrected chi connectivity index (χ0v) is 9.14. The number of hydrogen-bond acceptors (Lipinski definition) is 5. The average Bonchev–Trinajstić information content (AvgIpc) is 2.07. The van der Waals surface area contributed by atoms with Crippen LogP contribution in [0.15, 0.2) is 11.4 Å². The van der Waals surface area contributed by atoms with Gasteiger partial charge in [0, 0.05) is 18.0 Å². The molecule has 7 heteroatoms. The third-order valence-electron chi connectivity index (χ3n) is 1.53. The summed E-state index contributed by atoms with van der Waals surface area (Å²) in [5.41, 5.74) is 5.98. The molecule has 0 spiro atoms. The Morgan fingerprint density at radius 3 is 2.64 bits per heavy atom. The highest BCUT2D eigenvalue weighted by atomic mass is 35.5. The summed E-state index contributed by atoms with van der Waals surface area (Å²) >= 11 is 5.74. The van der Waals surface area contributed by atoms with Gasteiger partial charge in [-0.1, -0.05) is 11.6 Å². The van der Waals surface area contributed by atoms with Crippen molar-refractivity contribution in [3.8, 4) is 0 Å². The van der Waals surface area contributed by atoms with Gasteiger partial charge in [-0.25, -0.2) is 18.4 Å². The molecule has 5 nitrogen and oxygen atoms in total. The van der Waals surface area contributed by atoms with Crippen molar-refractivity contribution < 1.29 is 8.42 Å². The quantitative estimate of drug-likeness (QED) is 0.590. The summed E-state index contributed by atoms with van der Waals surface area (Å²) in [6.07, 6.45) is 2.95. The molecule has 0 bridgehead atoms. The highest BCUT2D eigenvalue weighted by Gasteiger charge is 2.13. The van der Waals surface area contributed by atoms with E-state index >= 15 is 0 Å². The maximum Gasteiger partial charge on any atom is 0.248 e. The van der Waals surface area contributed by atoms with E-state index in [4.69, 9.17) is 17.3 Å². The summed E-state index contributed by atoms with van der Waals surface area (Å²) < 4.78 is 22.1. The van der Waals surface area contributed by atoms with Crippen molar-refractivity contribution in [3.05, 3.63) is 16.9 Å². The molecule has 2 N–H and O–H groups in total. The van der Waals surface area contributed by atoms with Gasteiger partial charge in [0.2, 0.25) is 15.0 Å². The molecule has 1 aromatic rings. The Bertz CT molecular complexity index is 433. The minimum absolute atomic E-state index is 0.144. The van der Waals surface area contributed by atoms with Crippen LogP contribution in [0.4, 0.5) is 0 Å². The Morgan fingerprint density at radius 1 is 1.57 bits per heavy atom. The number of rotatable bonds is 3. The summed E-state index contributed by atoms with van der Waals surface area (Å²) in [6, 6.07) is 0. The van der Waals surface area contributed by atoms with Gasteiger partial charge in [0.05, 0.1) is 0 Å². The van der Waals surface area contributed by atoms with Crippen LogP contribution < -0.4 is 5.73 Å². The second-order valence-electron chi connectivity index (χ2n) is 2.78. The smallest absolute Gasteiger partial charge is 0.248 e. The van der Waals surface area contributed by atoms with E-state index in [1.165, 1.54) is 6.20 Å².